The second kappa shape index (κ2) is 5.74. The Morgan fingerprint density at radius 3 is 2.40 bits per heavy atom. The molecule has 1 aromatic rings. The van der Waals surface area contributed by atoms with Crippen molar-refractivity contribution in [3.05, 3.63) is 33.8 Å². The molecular formula is C12H17Cl2N. The van der Waals surface area contributed by atoms with Crippen LogP contribution in [0.1, 0.15) is 26.3 Å². The first-order valence-electron chi connectivity index (χ1n) is 5.18. The van der Waals surface area contributed by atoms with Gasteiger partial charge in [-0.15, -0.1) is 0 Å². The number of halogens is 2. The van der Waals surface area contributed by atoms with Crippen molar-refractivity contribution in [1.82, 2.24) is 5.32 Å². The highest BCUT2D eigenvalue weighted by molar-refractivity contribution is 6.35. The van der Waals surface area contributed by atoms with Crippen LogP contribution in [-0.2, 0) is 6.54 Å². The summed E-state index contributed by atoms with van der Waals surface area (Å²) in [6.45, 7) is 7.35. The van der Waals surface area contributed by atoms with Gasteiger partial charge in [0.15, 0.2) is 0 Å². The van der Waals surface area contributed by atoms with Crippen molar-refractivity contribution in [2.75, 3.05) is 0 Å². The first kappa shape index (κ1) is 12.8. The number of benzene rings is 1. The van der Waals surface area contributed by atoms with E-state index in [1.54, 1.807) is 6.07 Å². The average Bonchev–Trinajstić information content (AvgIpc) is 2.15. The maximum Gasteiger partial charge on any atom is 0.0465 e. The molecule has 0 saturated carbocycles. The summed E-state index contributed by atoms with van der Waals surface area (Å²) in [5.74, 6) is 0.621. The van der Waals surface area contributed by atoms with E-state index in [2.05, 4.69) is 26.1 Å². The van der Waals surface area contributed by atoms with Crippen LogP contribution >= 0.6 is 23.2 Å². The van der Waals surface area contributed by atoms with Crippen LogP contribution < -0.4 is 5.32 Å². The van der Waals surface area contributed by atoms with E-state index in [4.69, 9.17) is 23.2 Å². The van der Waals surface area contributed by atoms with Crippen LogP contribution in [-0.4, -0.2) is 6.04 Å². The Bertz CT molecular complexity index is 323. The fourth-order valence-corrected chi connectivity index (χ4v) is 1.65. The van der Waals surface area contributed by atoms with Crippen molar-refractivity contribution >= 4 is 23.2 Å². The smallest absolute Gasteiger partial charge is 0.0465 e. The summed E-state index contributed by atoms with van der Waals surface area (Å²) < 4.78 is 0. The highest BCUT2D eigenvalue weighted by Gasteiger charge is 2.07. The number of hydrogen-bond acceptors (Lipinski definition) is 1. The predicted octanol–water partition coefficient (Wildman–Crippen LogP) is 4.13. The lowest BCUT2D eigenvalue weighted by Gasteiger charge is -2.17. The number of rotatable bonds is 4. The van der Waals surface area contributed by atoms with E-state index in [0.717, 1.165) is 17.1 Å². The standard InChI is InChI=1S/C12H17Cl2N/c1-8(2)9(3)15-7-10-4-5-11(13)6-12(10)14/h4-6,8-9,15H,7H2,1-3H3. The Balaban J connectivity index is 2.58. The molecule has 0 fully saturated rings. The summed E-state index contributed by atoms with van der Waals surface area (Å²) in [4.78, 5) is 0. The topological polar surface area (TPSA) is 12.0 Å². The molecule has 15 heavy (non-hydrogen) atoms. The van der Waals surface area contributed by atoms with E-state index in [1.165, 1.54) is 0 Å². The lowest BCUT2D eigenvalue weighted by molar-refractivity contribution is 0.426. The minimum atomic E-state index is 0.483. The molecule has 0 aliphatic carbocycles. The largest absolute Gasteiger partial charge is 0.310 e. The normalized spacial score (nSPS) is 13.2. The monoisotopic (exact) mass is 245 g/mol. The first-order valence-corrected chi connectivity index (χ1v) is 5.93. The fourth-order valence-electron chi connectivity index (χ4n) is 1.17. The average molecular weight is 246 g/mol. The summed E-state index contributed by atoms with van der Waals surface area (Å²) in [5, 5.41) is 4.84. The highest BCUT2D eigenvalue weighted by atomic mass is 35.5. The quantitative estimate of drug-likeness (QED) is 0.842. The van der Waals surface area contributed by atoms with E-state index in [1.807, 2.05) is 12.1 Å². The summed E-state index contributed by atoms with van der Waals surface area (Å²) in [6, 6.07) is 6.09. The van der Waals surface area contributed by atoms with Crippen molar-refractivity contribution in [3.63, 3.8) is 0 Å². The van der Waals surface area contributed by atoms with Crippen molar-refractivity contribution < 1.29 is 0 Å². The number of nitrogens with one attached hydrogen (secondary N) is 1. The molecule has 0 amide bonds. The second-order valence-corrected chi connectivity index (χ2v) is 4.99. The van der Waals surface area contributed by atoms with E-state index in [9.17, 15) is 0 Å². The van der Waals surface area contributed by atoms with Crippen molar-refractivity contribution in [1.29, 1.82) is 0 Å². The van der Waals surface area contributed by atoms with Gasteiger partial charge in [-0.2, -0.15) is 0 Å². The van der Waals surface area contributed by atoms with Crippen LogP contribution in [0.5, 0.6) is 0 Å². The zero-order chi connectivity index (χ0) is 11.4. The summed E-state index contributed by atoms with van der Waals surface area (Å²) >= 11 is 11.9. The molecule has 0 saturated heterocycles. The van der Waals surface area contributed by atoms with E-state index < -0.39 is 0 Å². The Morgan fingerprint density at radius 2 is 1.87 bits per heavy atom. The molecule has 1 unspecified atom stereocenters. The third kappa shape index (κ3) is 4.02. The van der Waals surface area contributed by atoms with Gasteiger partial charge in [0.1, 0.15) is 0 Å². The predicted molar refractivity (Wildman–Crippen MR) is 67.6 cm³/mol. The zero-order valence-electron chi connectivity index (χ0n) is 9.35. The first-order chi connectivity index (χ1) is 7.00. The van der Waals surface area contributed by atoms with Crippen molar-refractivity contribution in [2.24, 2.45) is 5.92 Å². The van der Waals surface area contributed by atoms with Crippen LogP contribution in [0, 0.1) is 5.92 Å². The van der Waals surface area contributed by atoms with Crippen molar-refractivity contribution in [3.8, 4) is 0 Å². The van der Waals surface area contributed by atoms with Crippen LogP contribution in [0.3, 0.4) is 0 Å². The van der Waals surface area contributed by atoms with Crippen LogP contribution in [0.25, 0.3) is 0 Å². The summed E-state index contributed by atoms with van der Waals surface area (Å²) in [5.41, 5.74) is 1.09. The minimum absolute atomic E-state index is 0.483. The Labute approximate surface area is 102 Å². The fraction of sp³-hybridized carbons (Fsp3) is 0.500. The molecule has 0 aromatic heterocycles. The van der Waals surface area contributed by atoms with Crippen molar-refractivity contribution in [2.45, 2.75) is 33.4 Å². The summed E-state index contributed by atoms with van der Waals surface area (Å²) in [7, 11) is 0. The van der Waals surface area contributed by atoms with Gasteiger partial charge in [0.05, 0.1) is 0 Å². The Morgan fingerprint density at radius 1 is 1.20 bits per heavy atom. The van der Waals surface area contributed by atoms with E-state index in [-0.39, 0.29) is 0 Å². The molecule has 1 N–H and O–H groups in total. The number of hydrogen-bond donors (Lipinski definition) is 1. The van der Waals surface area contributed by atoms with Gasteiger partial charge < -0.3 is 5.32 Å². The minimum Gasteiger partial charge on any atom is -0.310 e. The molecule has 0 bridgehead atoms. The van der Waals surface area contributed by atoms with E-state index >= 15 is 0 Å². The van der Waals surface area contributed by atoms with Gasteiger partial charge in [0, 0.05) is 22.6 Å². The van der Waals surface area contributed by atoms with Gasteiger partial charge in [-0.1, -0.05) is 43.1 Å². The van der Waals surface area contributed by atoms with Crippen LogP contribution in [0.15, 0.2) is 18.2 Å². The Kier molecular flexibility index (Phi) is 4.91. The van der Waals surface area contributed by atoms with Gasteiger partial charge in [-0.05, 0) is 30.5 Å². The lowest BCUT2D eigenvalue weighted by Crippen LogP contribution is -2.30. The van der Waals surface area contributed by atoms with E-state index in [0.29, 0.717) is 17.0 Å². The molecular weight excluding hydrogens is 229 g/mol. The third-order valence-corrected chi connectivity index (χ3v) is 3.22. The highest BCUT2D eigenvalue weighted by Crippen LogP contribution is 2.21. The summed E-state index contributed by atoms with van der Waals surface area (Å²) in [6.07, 6.45) is 0. The third-order valence-electron chi connectivity index (χ3n) is 2.63. The zero-order valence-corrected chi connectivity index (χ0v) is 10.9. The SMILES string of the molecule is CC(C)C(C)NCc1ccc(Cl)cc1Cl. The maximum absolute atomic E-state index is 6.07. The van der Waals surface area contributed by atoms with Crippen LogP contribution in [0.4, 0.5) is 0 Å². The Hall–Kier alpha value is -0.240. The lowest BCUT2D eigenvalue weighted by atomic mass is 10.1. The van der Waals surface area contributed by atoms with Gasteiger partial charge in [-0.25, -0.2) is 0 Å². The molecule has 1 aromatic carbocycles. The van der Waals surface area contributed by atoms with Gasteiger partial charge in [-0.3, -0.25) is 0 Å². The van der Waals surface area contributed by atoms with Gasteiger partial charge >= 0.3 is 0 Å². The molecule has 3 heteroatoms. The van der Waals surface area contributed by atoms with Gasteiger partial charge in [0.25, 0.3) is 0 Å². The molecule has 0 aliphatic heterocycles. The van der Waals surface area contributed by atoms with Crippen LogP contribution in [0.2, 0.25) is 10.0 Å². The molecule has 1 nitrogen and oxygen atoms in total. The molecule has 0 heterocycles. The molecule has 0 aliphatic rings. The van der Waals surface area contributed by atoms with Gasteiger partial charge in [0.2, 0.25) is 0 Å². The molecule has 1 atom stereocenters. The second-order valence-electron chi connectivity index (χ2n) is 4.15. The maximum atomic E-state index is 6.07. The molecule has 1 rings (SSSR count). The molecule has 0 radical (unpaired) electrons. The molecule has 84 valence electrons. The molecule has 0 spiro atoms.